The Kier molecular flexibility index (Phi) is 7.01. The molecule has 1 aromatic rings. The van der Waals surface area contributed by atoms with Gasteiger partial charge in [0.1, 0.15) is 12.3 Å². The van der Waals surface area contributed by atoms with Crippen molar-refractivity contribution in [1.29, 1.82) is 0 Å². The van der Waals surface area contributed by atoms with Crippen molar-refractivity contribution in [2.75, 3.05) is 58.8 Å². The Morgan fingerprint density at radius 2 is 1.93 bits per heavy atom. The number of amides is 1. The molecule has 1 heterocycles. The summed E-state index contributed by atoms with van der Waals surface area (Å²) >= 11 is 0. The van der Waals surface area contributed by atoms with Gasteiger partial charge in [0.2, 0.25) is 5.91 Å². The van der Waals surface area contributed by atoms with E-state index in [1.165, 1.54) is 31.4 Å². The molecule has 1 aliphatic carbocycles. The Morgan fingerprint density at radius 1 is 1.21 bits per heavy atom. The van der Waals surface area contributed by atoms with Crippen molar-refractivity contribution in [1.82, 2.24) is 15.1 Å². The van der Waals surface area contributed by atoms with Gasteiger partial charge < -0.3 is 24.8 Å². The van der Waals surface area contributed by atoms with Crippen LogP contribution >= 0.6 is 0 Å². The molecule has 0 bridgehead atoms. The minimum Gasteiger partial charge on any atom is -0.497 e. The van der Waals surface area contributed by atoms with Crippen molar-refractivity contribution in [3.8, 4) is 5.75 Å². The highest BCUT2D eigenvalue weighted by Gasteiger charge is 2.24. The van der Waals surface area contributed by atoms with Gasteiger partial charge >= 0.3 is 0 Å². The number of likely N-dealkylation sites (N-methyl/N-ethyl adjacent to an activating group) is 1. The Labute approximate surface area is 168 Å². The second-order valence-corrected chi connectivity index (χ2v) is 7.73. The molecule has 1 amide bonds. The summed E-state index contributed by atoms with van der Waals surface area (Å²) < 4.78 is 5.35. The van der Waals surface area contributed by atoms with Crippen molar-refractivity contribution in [2.45, 2.75) is 31.7 Å². The number of nitrogens with zero attached hydrogens (tertiary/aromatic N) is 4. The number of benzene rings is 1. The molecule has 7 nitrogen and oxygen atoms in total. The second kappa shape index (κ2) is 9.66. The predicted molar refractivity (Wildman–Crippen MR) is 113 cm³/mol. The fraction of sp³-hybridized carbons (Fsp3) is 0.619. The highest BCUT2D eigenvalue weighted by molar-refractivity contribution is 5.85. The van der Waals surface area contributed by atoms with Crippen LogP contribution in [0.25, 0.3) is 0 Å². The van der Waals surface area contributed by atoms with E-state index in [4.69, 9.17) is 4.74 Å². The molecule has 0 radical (unpaired) electrons. The van der Waals surface area contributed by atoms with Crippen LogP contribution in [0.5, 0.6) is 5.75 Å². The van der Waals surface area contributed by atoms with Crippen LogP contribution in [0.3, 0.4) is 0 Å². The Morgan fingerprint density at radius 3 is 2.57 bits per heavy atom. The summed E-state index contributed by atoms with van der Waals surface area (Å²) in [6.07, 6.45) is 4.91. The van der Waals surface area contributed by atoms with Crippen LogP contribution in [0, 0.1) is 0 Å². The number of hydrogen-bond acceptors (Lipinski definition) is 4. The monoisotopic (exact) mass is 387 g/mol. The van der Waals surface area contributed by atoms with Gasteiger partial charge in [-0.2, -0.15) is 0 Å². The molecule has 1 saturated heterocycles. The van der Waals surface area contributed by atoms with Crippen LogP contribution in [0.1, 0.15) is 25.7 Å². The molecule has 0 aromatic heterocycles. The molecule has 154 valence electrons. The second-order valence-electron chi connectivity index (χ2n) is 7.73. The highest BCUT2D eigenvalue weighted by atomic mass is 16.5. The fourth-order valence-corrected chi connectivity index (χ4v) is 3.76. The lowest BCUT2D eigenvalue weighted by Gasteiger charge is -2.38. The average Bonchev–Trinajstić information content (AvgIpc) is 3.24. The van der Waals surface area contributed by atoms with Gasteiger partial charge in [-0.05, 0) is 25.0 Å². The maximum Gasteiger partial charge on any atom is 0.243 e. The first kappa shape index (κ1) is 20.3. The summed E-state index contributed by atoms with van der Waals surface area (Å²) in [5.41, 5.74) is 1.18. The number of ether oxygens (including phenoxy) is 1. The van der Waals surface area contributed by atoms with Crippen LogP contribution < -0.4 is 15.0 Å². The first-order valence-electron chi connectivity index (χ1n) is 10.2. The largest absolute Gasteiger partial charge is 0.497 e. The molecule has 7 heteroatoms. The Balaban J connectivity index is 1.64. The number of anilines is 1. The minimum atomic E-state index is 0.0285. The smallest absolute Gasteiger partial charge is 0.243 e. The van der Waals surface area contributed by atoms with E-state index in [2.05, 4.69) is 32.2 Å². The van der Waals surface area contributed by atoms with Crippen molar-refractivity contribution >= 4 is 17.6 Å². The zero-order valence-electron chi connectivity index (χ0n) is 17.4. The van der Waals surface area contributed by atoms with Crippen LogP contribution in [0.15, 0.2) is 29.3 Å². The topological polar surface area (TPSA) is 60.4 Å². The number of piperazine rings is 1. The lowest BCUT2D eigenvalue weighted by molar-refractivity contribution is -0.127. The minimum absolute atomic E-state index is 0.0285. The number of rotatable bonds is 5. The molecule has 1 saturated carbocycles. The van der Waals surface area contributed by atoms with Gasteiger partial charge in [0.25, 0.3) is 0 Å². The molecule has 1 aromatic carbocycles. The number of carbonyl (C=O) groups is 1. The average molecular weight is 388 g/mol. The standard InChI is InChI=1S/C21H33N5O2/c1-24(2)20(27)16-22-21(23-17-7-4-5-8-17)26-13-11-25(12-14-26)18-9-6-10-19(15-18)28-3/h6,9-10,15,17H,4-5,7-8,11-14,16H2,1-3H3,(H,22,23). The molecule has 1 aliphatic heterocycles. The van der Waals surface area contributed by atoms with Gasteiger partial charge in [0.05, 0.1) is 7.11 Å². The first-order valence-corrected chi connectivity index (χ1v) is 10.2. The van der Waals surface area contributed by atoms with E-state index < -0.39 is 0 Å². The van der Waals surface area contributed by atoms with Crippen LogP contribution in [-0.4, -0.2) is 81.6 Å². The van der Waals surface area contributed by atoms with Crippen molar-refractivity contribution in [3.05, 3.63) is 24.3 Å². The van der Waals surface area contributed by atoms with E-state index in [9.17, 15) is 4.79 Å². The summed E-state index contributed by atoms with van der Waals surface area (Å²) in [6.45, 7) is 3.79. The number of methoxy groups -OCH3 is 1. The van der Waals surface area contributed by atoms with Crippen molar-refractivity contribution in [2.24, 2.45) is 4.99 Å². The van der Waals surface area contributed by atoms with Gasteiger partial charge in [0, 0.05) is 58.1 Å². The first-order chi connectivity index (χ1) is 13.6. The number of aliphatic imine (C=N–C) groups is 1. The van der Waals surface area contributed by atoms with E-state index in [1.807, 2.05) is 12.1 Å². The molecule has 3 rings (SSSR count). The quantitative estimate of drug-likeness (QED) is 0.617. The van der Waals surface area contributed by atoms with E-state index >= 15 is 0 Å². The maximum atomic E-state index is 12.0. The molecular formula is C21H33N5O2. The van der Waals surface area contributed by atoms with E-state index in [1.54, 1.807) is 26.1 Å². The third-order valence-electron chi connectivity index (χ3n) is 5.55. The van der Waals surface area contributed by atoms with E-state index in [0.29, 0.717) is 6.04 Å². The summed E-state index contributed by atoms with van der Waals surface area (Å²) in [5.74, 6) is 1.79. The number of hydrogen-bond donors (Lipinski definition) is 1. The molecular weight excluding hydrogens is 354 g/mol. The van der Waals surface area contributed by atoms with E-state index in [0.717, 1.165) is 37.9 Å². The Bertz CT molecular complexity index is 677. The zero-order valence-corrected chi connectivity index (χ0v) is 17.4. The fourth-order valence-electron chi connectivity index (χ4n) is 3.76. The van der Waals surface area contributed by atoms with Crippen LogP contribution in [-0.2, 0) is 4.79 Å². The lowest BCUT2D eigenvalue weighted by atomic mass is 10.2. The van der Waals surface area contributed by atoms with Crippen LogP contribution in [0.2, 0.25) is 0 Å². The molecule has 1 N–H and O–H groups in total. The van der Waals surface area contributed by atoms with Gasteiger partial charge in [0.15, 0.2) is 5.96 Å². The highest BCUT2D eigenvalue weighted by Crippen LogP contribution is 2.22. The van der Waals surface area contributed by atoms with Crippen molar-refractivity contribution in [3.63, 3.8) is 0 Å². The van der Waals surface area contributed by atoms with Crippen molar-refractivity contribution < 1.29 is 9.53 Å². The summed E-state index contributed by atoms with van der Waals surface area (Å²) in [7, 11) is 5.24. The van der Waals surface area contributed by atoms with Gasteiger partial charge in [-0.1, -0.05) is 18.9 Å². The summed E-state index contributed by atoms with van der Waals surface area (Å²) in [6, 6.07) is 8.68. The predicted octanol–water partition coefficient (Wildman–Crippen LogP) is 1.79. The summed E-state index contributed by atoms with van der Waals surface area (Å²) in [5, 5.41) is 3.62. The SMILES string of the molecule is COc1cccc(N2CCN(C(=NCC(=O)N(C)C)NC3CCCC3)CC2)c1. The molecule has 28 heavy (non-hydrogen) atoms. The van der Waals surface area contributed by atoms with Gasteiger partial charge in [-0.15, -0.1) is 0 Å². The zero-order chi connectivity index (χ0) is 19.9. The third-order valence-corrected chi connectivity index (χ3v) is 5.55. The molecule has 2 aliphatic rings. The van der Waals surface area contributed by atoms with Crippen LogP contribution in [0.4, 0.5) is 5.69 Å². The van der Waals surface area contributed by atoms with E-state index in [-0.39, 0.29) is 12.5 Å². The number of nitrogens with one attached hydrogen (secondary N) is 1. The third kappa shape index (κ3) is 5.30. The normalized spacial score (nSPS) is 18.3. The van der Waals surface area contributed by atoms with Gasteiger partial charge in [-0.25, -0.2) is 4.99 Å². The number of carbonyl (C=O) groups excluding carboxylic acids is 1. The Hall–Kier alpha value is -2.44. The molecule has 0 spiro atoms. The molecule has 0 unspecified atom stereocenters. The molecule has 0 atom stereocenters. The summed E-state index contributed by atoms with van der Waals surface area (Å²) in [4.78, 5) is 22.9. The van der Waals surface area contributed by atoms with Gasteiger partial charge in [-0.3, -0.25) is 4.79 Å². The maximum absolute atomic E-state index is 12.0. The lowest BCUT2D eigenvalue weighted by Crippen LogP contribution is -2.54. The number of guanidine groups is 1. The molecule has 2 fully saturated rings.